The van der Waals surface area contributed by atoms with E-state index in [-0.39, 0.29) is 0 Å². The number of anilines is 1. The van der Waals surface area contributed by atoms with Gasteiger partial charge in [0.2, 0.25) is 5.95 Å². The molecule has 0 fully saturated rings. The van der Waals surface area contributed by atoms with Gasteiger partial charge in [0.15, 0.2) is 5.82 Å². The zero-order valence-corrected chi connectivity index (χ0v) is 8.88. The number of rotatable bonds is 3. The fourth-order valence-corrected chi connectivity index (χ4v) is 1.78. The predicted molar refractivity (Wildman–Crippen MR) is 56.2 cm³/mol. The minimum atomic E-state index is -0.436. The zero-order chi connectivity index (χ0) is 10.7. The van der Waals surface area contributed by atoms with E-state index < -0.39 is 5.82 Å². The molecule has 78 valence electrons. The normalized spacial score (nSPS) is 10.3. The van der Waals surface area contributed by atoms with Crippen LogP contribution in [0.1, 0.15) is 10.6 Å². The van der Waals surface area contributed by atoms with Crippen LogP contribution in [0.3, 0.4) is 0 Å². The summed E-state index contributed by atoms with van der Waals surface area (Å²) in [6.45, 7) is 2.56. The van der Waals surface area contributed by atoms with Crippen molar-refractivity contribution in [3.8, 4) is 0 Å². The molecule has 2 aromatic rings. The Hall–Kier alpha value is -1.56. The number of hydrogen-bond acceptors (Lipinski definition) is 5. The van der Waals surface area contributed by atoms with Crippen LogP contribution in [0, 0.1) is 12.7 Å². The number of halogens is 1. The van der Waals surface area contributed by atoms with Gasteiger partial charge in [-0.2, -0.15) is 0 Å². The summed E-state index contributed by atoms with van der Waals surface area (Å²) in [5.74, 6) is -0.0151. The molecule has 0 aliphatic carbocycles. The molecular formula is C9H9FN4S. The van der Waals surface area contributed by atoms with Crippen LogP contribution in [0.25, 0.3) is 0 Å². The lowest BCUT2D eigenvalue weighted by atomic mass is 10.4. The van der Waals surface area contributed by atoms with Gasteiger partial charge in [0.25, 0.3) is 0 Å². The third kappa shape index (κ3) is 2.47. The SMILES string of the molecule is Cc1ncsc1CNc1ncc(F)cn1. The Balaban J connectivity index is 1.99. The van der Waals surface area contributed by atoms with Crippen molar-refractivity contribution in [2.45, 2.75) is 13.5 Å². The van der Waals surface area contributed by atoms with E-state index in [1.165, 1.54) is 0 Å². The van der Waals surface area contributed by atoms with Crippen molar-refractivity contribution in [1.29, 1.82) is 0 Å². The van der Waals surface area contributed by atoms with E-state index in [2.05, 4.69) is 20.3 Å². The average molecular weight is 224 g/mol. The van der Waals surface area contributed by atoms with Crippen LogP contribution in [0.15, 0.2) is 17.9 Å². The van der Waals surface area contributed by atoms with E-state index in [9.17, 15) is 4.39 Å². The monoisotopic (exact) mass is 224 g/mol. The number of aromatic nitrogens is 3. The summed E-state index contributed by atoms with van der Waals surface area (Å²) in [7, 11) is 0. The molecular weight excluding hydrogens is 215 g/mol. The van der Waals surface area contributed by atoms with Gasteiger partial charge >= 0.3 is 0 Å². The van der Waals surface area contributed by atoms with Crippen LogP contribution < -0.4 is 5.32 Å². The van der Waals surface area contributed by atoms with E-state index in [4.69, 9.17) is 0 Å². The van der Waals surface area contributed by atoms with E-state index in [1.54, 1.807) is 16.8 Å². The molecule has 0 bridgehead atoms. The van der Waals surface area contributed by atoms with E-state index in [0.29, 0.717) is 12.5 Å². The van der Waals surface area contributed by atoms with Gasteiger partial charge in [-0.15, -0.1) is 11.3 Å². The Morgan fingerprint density at radius 3 is 2.67 bits per heavy atom. The predicted octanol–water partition coefficient (Wildman–Crippen LogP) is 1.99. The largest absolute Gasteiger partial charge is 0.349 e. The molecule has 0 atom stereocenters. The standard InChI is InChI=1S/C9H9FN4S/c1-6-8(15-5-14-6)4-13-9-11-2-7(10)3-12-9/h2-3,5H,4H2,1H3,(H,11,12,13). The van der Waals surface area contributed by atoms with Gasteiger partial charge in [0.05, 0.1) is 30.1 Å². The van der Waals surface area contributed by atoms with Gasteiger partial charge in [-0.05, 0) is 6.92 Å². The molecule has 0 saturated carbocycles. The first kappa shape index (κ1) is 9.97. The summed E-state index contributed by atoms with van der Waals surface area (Å²) in [5, 5.41) is 3.00. The molecule has 15 heavy (non-hydrogen) atoms. The highest BCUT2D eigenvalue weighted by Crippen LogP contribution is 2.13. The summed E-state index contributed by atoms with van der Waals surface area (Å²) in [5.41, 5.74) is 2.78. The van der Waals surface area contributed by atoms with Crippen molar-refractivity contribution in [1.82, 2.24) is 15.0 Å². The molecule has 4 nitrogen and oxygen atoms in total. The quantitative estimate of drug-likeness (QED) is 0.866. The maximum absolute atomic E-state index is 12.5. The van der Waals surface area contributed by atoms with Crippen molar-refractivity contribution >= 4 is 17.3 Å². The molecule has 2 rings (SSSR count). The van der Waals surface area contributed by atoms with Gasteiger partial charge in [-0.1, -0.05) is 0 Å². The van der Waals surface area contributed by atoms with Gasteiger partial charge in [-0.3, -0.25) is 0 Å². The number of nitrogens with zero attached hydrogens (tertiary/aromatic N) is 3. The molecule has 0 aromatic carbocycles. The van der Waals surface area contributed by atoms with Crippen LogP contribution in [0.5, 0.6) is 0 Å². The molecule has 0 radical (unpaired) electrons. The summed E-state index contributed by atoms with van der Waals surface area (Å²) < 4.78 is 12.5. The van der Waals surface area contributed by atoms with Crippen LogP contribution in [-0.2, 0) is 6.54 Å². The third-order valence-electron chi connectivity index (χ3n) is 1.87. The van der Waals surface area contributed by atoms with Gasteiger partial charge < -0.3 is 5.32 Å². The Kier molecular flexibility index (Phi) is 2.86. The average Bonchev–Trinajstić information content (AvgIpc) is 2.63. The minimum Gasteiger partial charge on any atom is -0.349 e. The Morgan fingerprint density at radius 1 is 1.33 bits per heavy atom. The Morgan fingerprint density at radius 2 is 2.07 bits per heavy atom. The second kappa shape index (κ2) is 4.31. The van der Waals surface area contributed by atoms with Crippen molar-refractivity contribution < 1.29 is 4.39 Å². The van der Waals surface area contributed by atoms with Crippen molar-refractivity contribution in [2.75, 3.05) is 5.32 Å². The van der Waals surface area contributed by atoms with Crippen molar-refractivity contribution in [2.24, 2.45) is 0 Å². The summed E-state index contributed by atoms with van der Waals surface area (Å²) in [6.07, 6.45) is 2.27. The summed E-state index contributed by atoms with van der Waals surface area (Å²) in [4.78, 5) is 12.8. The lowest BCUT2D eigenvalue weighted by Gasteiger charge is -2.02. The first-order valence-corrected chi connectivity index (χ1v) is 5.24. The Bertz CT molecular complexity index is 440. The molecule has 0 saturated heterocycles. The number of nitrogens with one attached hydrogen (secondary N) is 1. The zero-order valence-electron chi connectivity index (χ0n) is 8.07. The molecule has 0 unspecified atom stereocenters. The van der Waals surface area contributed by atoms with Crippen molar-refractivity contribution in [3.05, 3.63) is 34.3 Å². The van der Waals surface area contributed by atoms with Crippen molar-refractivity contribution in [3.63, 3.8) is 0 Å². The molecule has 2 heterocycles. The molecule has 0 spiro atoms. The lowest BCUT2D eigenvalue weighted by molar-refractivity contribution is 0.614. The smallest absolute Gasteiger partial charge is 0.223 e. The molecule has 6 heteroatoms. The highest BCUT2D eigenvalue weighted by Gasteiger charge is 2.02. The highest BCUT2D eigenvalue weighted by molar-refractivity contribution is 7.09. The lowest BCUT2D eigenvalue weighted by Crippen LogP contribution is -2.03. The van der Waals surface area contributed by atoms with Gasteiger partial charge in [-0.25, -0.2) is 19.3 Å². The molecule has 0 aliphatic heterocycles. The second-order valence-electron chi connectivity index (χ2n) is 2.94. The maximum atomic E-state index is 12.5. The van der Waals surface area contributed by atoms with Crippen LogP contribution in [-0.4, -0.2) is 15.0 Å². The first-order valence-electron chi connectivity index (χ1n) is 4.36. The summed E-state index contributed by atoms with van der Waals surface area (Å²) in [6, 6.07) is 0. The van der Waals surface area contributed by atoms with Gasteiger partial charge in [0, 0.05) is 4.88 Å². The van der Waals surface area contributed by atoms with Crippen LogP contribution >= 0.6 is 11.3 Å². The highest BCUT2D eigenvalue weighted by atomic mass is 32.1. The number of hydrogen-bond donors (Lipinski definition) is 1. The van der Waals surface area contributed by atoms with Gasteiger partial charge in [0.1, 0.15) is 0 Å². The molecule has 1 N–H and O–H groups in total. The fourth-order valence-electron chi connectivity index (χ4n) is 1.06. The van der Waals surface area contributed by atoms with Crippen LogP contribution in [0.4, 0.5) is 10.3 Å². The van der Waals surface area contributed by atoms with Crippen LogP contribution in [0.2, 0.25) is 0 Å². The minimum absolute atomic E-state index is 0.421. The van der Waals surface area contributed by atoms with E-state index in [1.807, 2.05) is 6.92 Å². The maximum Gasteiger partial charge on any atom is 0.223 e. The number of aryl methyl sites for hydroxylation is 1. The molecule has 0 amide bonds. The fraction of sp³-hybridized carbons (Fsp3) is 0.222. The van der Waals surface area contributed by atoms with E-state index >= 15 is 0 Å². The number of thiazole rings is 1. The molecule has 2 aromatic heterocycles. The molecule has 0 aliphatic rings. The van der Waals surface area contributed by atoms with E-state index in [0.717, 1.165) is 23.0 Å². The third-order valence-corrected chi connectivity index (χ3v) is 2.81. The topological polar surface area (TPSA) is 50.7 Å². The first-order chi connectivity index (χ1) is 7.25. The Labute approximate surface area is 90.2 Å². The summed E-state index contributed by atoms with van der Waals surface area (Å²) >= 11 is 1.57. The second-order valence-corrected chi connectivity index (χ2v) is 3.88.